The molecule has 0 aromatic heterocycles. The summed E-state index contributed by atoms with van der Waals surface area (Å²) in [4.78, 5) is 17.4. The Morgan fingerprint density at radius 2 is 1.97 bits per heavy atom. The SMILES string of the molecule is CC/C=N/OCC(=O)N1CCCC(c2ccc(OC)c(Oc3ccc(NN=C(C#N)C#N)cc3)c2)=N1. The Balaban J connectivity index is 1.74. The number of nitriles is 2. The van der Waals surface area contributed by atoms with Crippen molar-refractivity contribution < 1.29 is 19.1 Å². The van der Waals surface area contributed by atoms with Crippen LogP contribution in [0.15, 0.2) is 57.8 Å². The van der Waals surface area contributed by atoms with E-state index in [4.69, 9.17) is 24.8 Å². The number of hydrogen-bond acceptors (Lipinski definition) is 10. The van der Waals surface area contributed by atoms with Gasteiger partial charge in [0.2, 0.25) is 5.71 Å². The Morgan fingerprint density at radius 1 is 1.19 bits per heavy atom. The van der Waals surface area contributed by atoms with E-state index in [0.29, 0.717) is 35.9 Å². The van der Waals surface area contributed by atoms with Gasteiger partial charge in [0.25, 0.3) is 5.91 Å². The second-order valence-electron chi connectivity index (χ2n) is 7.42. The molecule has 1 aliphatic rings. The molecule has 2 aromatic carbocycles. The normalized spacial score (nSPS) is 12.7. The first-order valence-corrected chi connectivity index (χ1v) is 11.2. The number of amides is 1. The lowest BCUT2D eigenvalue weighted by Crippen LogP contribution is -2.34. The van der Waals surface area contributed by atoms with Crippen LogP contribution in [0.1, 0.15) is 31.7 Å². The zero-order chi connectivity index (χ0) is 25.8. The molecule has 184 valence electrons. The predicted molar refractivity (Wildman–Crippen MR) is 134 cm³/mol. The molecule has 36 heavy (non-hydrogen) atoms. The highest BCUT2D eigenvalue weighted by atomic mass is 16.6. The molecule has 1 aliphatic heterocycles. The summed E-state index contributed by atoms with van der Waals surface area (Å²) in [5.41, 5.74) is 4.50. The molecule has 1 amide bonds. The maximum atomic E-state index is 12.4. The van der Waals surface area contributed by atoms with Crippen LogP contribution in [0.2, 0.25) is 0 Å². The molecule has 0 unspecified atom stereocenters. The maximum Gasteiger partial charge on any atom is 0.283 e. The van der Waals surface area contributed by atoms with Crippen molar-refractivity contribution in [2.45, 2.75) is 26.2 Å². The fourth-order valence-corrected chi connectivity index (χ4v) is 3.17. The fraction of sp³-hybridized carbons (Fsp3) is 0.280. The van der Waals surface area contributed by atoms with E-state index in [1.807, 2.05) is 19.1 Å². The molecule has 11 nitrogen and oxygen atoms in total. The van der Waals surface area contributed by atoms with Gasteiger partial charge in [-0.1, -0.05) is 12.1 Å². The Bertz CT molecular complexity index is 1220. The third kappa shape index (κ3) is 7.05. The van der Waals surface area contributed by atoms with Gasteiger partial charge in [-0.25, -0.2) is 5.01 Å². The van der Waals surface area contributed by atoms with Crippen LogP contribution in [0.25, 0.3) is 0 Å². The quantitative estimate of drug-likeness (QED) is 0.393. The summed E-state index contributed by atoms with van der Waals surface area (Å²) < 4.78 is 11.5. The van der Waals surface area contributed by atoms with Crippen molar-refractivity contribution in [2.24, 2.45) is 15.4 Å². The highest BCUT2D eigenvalue weighted by Crippen LogP contribution is 2.33. The Hall–Kier alpha value is -4.90. The van der Waals surface area contributed by atoms with Crippen LogP contribution >= 0.6 is 0 Å². The van der Waals surface area contributed by atoms with Crippen LogP contribution in [-0.4, -0.2) is 48.8 Å². The van der Waals surface area contributed by atoms with Gasteiger partial charge in [0.05, 0.1) is 18.5 Å². The van der Waals surface area contributed by atoms with Crippen molar-refractivity contribution in [1.29, 1.82) is 10.5 Å². The molecular weight excluding hydrogens is 462 g/mol. The highest BCUT2D eigenvalue weighted by Gasteiger charge is 2.21. The minimum absolute atomic E-state index is 0.172. The zero-order valence-corrected chi connectivity index (χ0v) is 20.0. The van der Waals surface area contributed by atoms with Gasteiger partial charge in [0.15, 0.2) is 18.1 Å². The Morgan fingerprint density at radius 3 is 2.67 bits per heavy atom. The monoisotopic (exact) mass is 487 g/mol. The van der Waals surface area contributed by atoms with Crippen molar-refractivity contribution in [3.05, 3.63) is 48.0 Å². The van der Waals surface area contributed by atoms with Gasteiger partial charge in [0.1, 0.15) is 17.9 Å². The number of hydrazone groups is 2. The van der Waals surface area contributed by atoms with Crippen molar-refractivity contribution >= 4 is 29.2 Å². The lowest BCUT2D eigenvalue weighted by atomic mass is 10.0. The maximum absolute atomic E-state index is 12.4. The number of anilines is 1. The number of benzene rings is 2. The lowest BCUT2D eigenvalue weighted by molar-refractivity contribution is -0.136. The van der Waals surface area contributed by atoms with Gasteiger partial charge in [0, 0.05) is 18.3 Å². The molecule has 3 rings (SSSR count). The van der Waals surface area contributed by atoms with Gasteiger partial charge >= 0.3 is 0 Å². The topological polar surface area (TPSA) is 145 Å². The zero-order valence-electron chi connectivity index (χ0n) is 20.0. The van der Waals surface area contributed by atoms with E-state index in [1.165, 1.54) is 5.01 Å². The van der Waals surface area contributed by atoms with Crippen LogP contribution < -0.4 is 14.9 Å². The molecule has 0 radical (unpaired) electrons. The van der Waals surface area contributed by atoms with E-state index in [-0.39, 0.29) is 18.2 Å². The Labute approximate surface area is 208 Å². The third-order valence-corrected chi connectivity index (χ3v) is 4.92. The molecule has 0 atom stereocenters. The summed E-state index contributed by atoms with van der Waals surface area (Å²) in [6.45, 7) is 2.27. The standard InChI is InChI=1S/C25H25N7O4/c1-3-12-28-35-17-25(33)32-13-4-5-22(31-32)18-6-11-23(34-2)24(14-18)36-21-9-7-19(8-10-21)29-30-20(15-26)16-27/h6-12,14,29H,3-5,13,17H2,1-2H3/b28-12+. The third-order valence-electron chi connectivity index (χ3n) is 4.92. The van der Waals surface area contributed by atoms with Gasteiger partial charge in [-0.05, 0) is 61.7 Å². The molecule has 0 bridgehead atoms. The summed E-state index contributed by atoms with van der Waals surface area (Å²) in [5, 5.41) is 30.9. The molecule has 1 heterocycles. The summed E-state index contributed by atoms with van der Waals surface area (Å²) in [7, 11) is 1.55. The second-order valence-corrected chi connectivity index (χ2v) is 7.42. The average molecular weight is 488 g/mol. The van der Waals surface area contributed by atoms with E-state index >= 15 is 0 Å². The predicted octanol–water partition coefficient (Wildman–Crippen LogP) is 4.04. The summed E-state index contributed by atoms with van der Waals surface area (Å²) in [6, 6.07) is 15.6. The smallest absolute Gasteiger partial charge is 0.283 e. The number of oxime groups is 1. The summed E-state index contributed by atoms with van der Waals surface area (Å²) in [6.07, 6.45) is 3.79. The second kappa shape index (κ2) is 13.1. The molecule has 1 N–H and O–H groups in total. The van der Waals surface area contributed by atoms with E-state index in [9.17, 15) is 4.79 Å². The van der Waals surface area contributed by atoms with Gasteiger partial charge in [-0.2, -0.15) is 20.7 Å². The number of rotatable bonds is 10. The van der Waals surface area contributed by atoms with E-state index < -0.39 is 0 Å². The fourth-order valence-electron chi connectivity index (χ4n) is 3.17. The minimum Gasteiger partial charge on any atom is -0.493 e. The average Bonchev–Trinajstić information content (AvgIpc) is 2.92. The highest BCUT2D eigenvalue weighted by molar-refractivity contribution is 6.10. The minimum atomic E-state index is -0.278. The number of hydrogen-bond donors (Lipinski definition) is 1. The van der Waals surface area contributed by atoms with Crippen molar-refractivity contribution in [2.75, 3.05) is 25.7 Å². The number of nitrogens with zero attached hydrogens (tertiary/aromatic N) is 6. The van der Waals surface area contributed by atoms with Gasteiger partial charge in [-0.3, -0.25) is 10.2 Å². The van der Waals surface area contributed by atoms with Crippen LogP contribution in [0, 0.1) is 22.7 Å². The molecule has 11 heteroatoms. The number of carbonyl (C=O) groups is 1. The van der Waals surface area contributed by atoms with Gasteiger partial charge in [-0.15, -0.1) is 0 Å². The van der Waals surface area contributed by atoms with Crippen LogP contribution in [0.4, 0.5) is 5.69 Å². The number of nitrogens with one attached hydrogen (secondary N) is 1. The Kier molecular flexibility index (Phi) is 9.36. The number of carbonyl (C=O) groups excluding carboxylic acids is 1. The van der Waals surface area contributed by atoms with Crippen molar-refractivity contribution in [1.82, 2.24) is 5.01 Å². The first-order valence-electron chi connectivity index (χ1n) is 11.2. The molecule has 0 saturated carbocycles. The van der Waals surface area contributed by atoms with Crippen LogP contribution in [0.3, 0.4) is 0 Å². The van der Waals surface area contributed by atoms with Crippen molar-refractivity contribution in [3.63, 3.8) is 0 Å². The number of ether oxygens (including phenoxy) is 2. The molecule has 0 spiro atoms. The lowest BCUT2D eigenvalue weighted by Gasteiger charge is -2.23. The largest absolute Gasteiger partial charge is 0.493 e. The van der Waals surface area contributed by atoms with E-state index in [1.54, 1.807) is 55.8 Å². The van der Waals surface area contributed by atoms with Crippen LogP contribution in [0.5, 0.6) is 17.2 Å². The molecular formula is C25H25N7O4. The summed E-state index contributed by atoms with van der Waals surface area (Å²) >= 11 is 0. The number of methoxy groups -OCH3 is 1. The van der Waals surface area contributed by atoms with Crippen LogP contribution in [-0.2, 0) is 9.63 Å². The molecule has 2 aromatic rings. The molecule has 0 aliphatic carbocycles. The molecule has 0 saturated heterocycles. The first kappa shape index (κ1) is 25.7. The van der Waals surface area contributed by atoms with Crippen molar-refractivity contribution in [3.8, 4) is 29.4 Å². The van der Waals surface area contributed by atoms with E-state index in [0.717, 1.165) is 24.1 Å². The summed E-state index contributed by atoms with van der Waals surface area (Å²) in [5.74, 6) is 1.28. The van der Waals surface area contributed by atoms with E-state index in [2.05, 4.69) is 20.8 Å². The van der Waals surface area contributed by atoms with Gasteiger partial charge < -0.3 is 14.3 Å². The molecule has 0 fully saturated rings. The first-order chi connectivity index (χ1) is 17.6.